The number of aliphatic hydroxyl groups is 2. The molecular formula is C47H85NO5. The maximum atomic E-state index is 13.1. The van der Waals surface area contributed by atoms with Crippen LogP contribution in [0.15, 0.2) is 48.6 Å². The van der Waals surface area contributed by atoms with Crippen molar-refractivity contribution in [1.29, 1.82) is 0 Å². The number of rotatable bonds is 39. The Morgan fingerprint density at radius 2 is 1.02 bits per heavy atom. The first-order chi connectivity index (χ1) is 26.0. The van der Waals surface area contributed by atoms with E-state index in [0.717, 1.165) is 83.5 Å². The second-order valence-electron chi connectivity index (χ2n) is 15.1. The molecule has 308 valence electrons. The van der Waals surface area contributed by atoms with Crippen molar-refractivity contribution in [3.63, 3.8) is 0 Å². The molecule has 0 rings (SSSR count). The number of amides is 1. The fourth-order valence-corrected chi connectivity index (χ4v) is 6.50. The number of carbonyl (C=O) groups is 2. The van der Waals surface area contributed by atoms with Crippen LogP contribution in [0.2, 0.25) is 0 Å². The summed E-state index contributed by atoms with van der Waals surface area (Å²) in [7, 11) is 0. The van der Waals surface area contributed by atoms with E-state index in [4.69, 9.17) is 4.74 Å². The Kier molecular flexibility index (Phi) is 39.3. The summed E-state index contributed by atoms with van der Waals surface area (Å²) in [6.45, 7) is 6.30. The van der Waals surface area contributed by atoms with Crippen LogP contribution in [0.1, 0.15) is 213 Å². The summed E-state index contributed by atoms with van der Waals surface area (Å²) in [5.74, 6) is -0.526. The number of unbranched alkanes of at least 4 members (excludes halogenated alkanes) is 19. The summed E-state index contributed by atoms with van der Waals surface area (Å²) in [4.78, 5) is 25.9. The van der Waals surface area contributed by atoms with Crippen LogP contribution in [0.5, 0.6) is 0 Å². The quantitative estimate of drug-likeness (QED) is 0.0331. The molecule has 0 aliphatic heterocycles. The minimum Gasteiger partial charge on any atom is -0.462 e. The second-order valence-corrected chi connectivity index (χ2v) is 15.1. The molecular weight excluding hydrogens is 659 g/mol. The summed E-state index contributed by atoms with van der Waals surface area (Å²) in [6.07, 6.45) is 47.4. The molecule has 6 heteroatoms. The van der Waals surface area contributed by atoms with Crippen molar-refractivity contribution < 1.29 is 24.5 Å². The molecule has 0 aromatic heterocycles. The number of aliphatic hydroxyl groups excluding tert-OH is 2. The fourth-order valence-electron chi connectivity index (χ4n) is 6.50. The van der Waals surface area contributed by atoms with Gasteiger partial charge in [0.25, 0.3) is 0 Å². The minimum absolute atomic E-state index is 0.0479. The highest BCUT2D eigenvalue weighted by atomic mass is 16.5. The largest absolute Gasteiger partial charge is 0.462 e. The van der Waals surface area contributed by atoms with Gasteiger partial charge in [-0.1, -0.05) is 166 Å². The van der Waals surface area contributed by atoms with Gasteiger partial charge in [0.2, 0.25) is 5.91 Å². The van der Waals surface area contributed by atoms with Gasteiger partial charge in [0, 0.05) is 6.42 Å². The molecule has 0 aromatic carbocycles. The van der Waals surface area contributed by atoms with Gasteiger partial charge in [0.15, 0.2) is 0 Å². The van der Waals surface area contributed by atoms with Crippen molar-refractivity contribution in [1.82, 2.24) is 5.32 Å². The SMILES string of the molecule is CC/C=C/C/C=C/C/C=C/CCCCC(CC(=O)NC(CO)C(O)CCCCCCCCCCCC)OC(=O)CCCCCCC/C=C\CCCCC. The predicted octanol–water partition coefficient (Wildman–Crippen LogP) is 12.7. The predicted molar refractivity (Wildman–Crippen MR) is 227 cm³/mol. The smallest absolute Gasteiger partial charge is 0.306 e. The van der Waals surface area contributed by atoms with Crippen molar-refractivity contribution in [2.45, 2.75) is 232 Å². The average Bonchev–Trinajstić information content (AvgIpc) is 3.15. The Labute approximate surface area is 327 Å². The molecule has 53 heavy (non-hydrogen) atoms. The molecule has 0 saturated carbocycles. The van der Waals surface area contributed by atoms with Crippen LogP contribution in [0.4, 0.5) is 0 Å². The Bertz CT molecular complexity index is 926. The number of nitrogens with one attached hydrogen (secondary N) is 1. The zero-order valence-corrected chi connectivity index (χ0v) is 34.9. The minimum atomic E-state index is -0.796. The Balaban J connectivity index is 4.68. The van der Waals surface area contributed by atoms with Crippen LogP contribution < -0.4 is 5.32 Å². The van der Waals surface area contributed by atoms with Crippen LogP contribution in [0.3, 0.4) is 0 Å². The number of carbonyl (C=O) groups excluding carboxylic acids is 2. The van der Waals surface area contributed by atoms with Crippen LogP contribution in [0, 0.1) is 0 Å². The fraction of sp³-hybridized carbons (Fsp3) is 0.787. The van der Waals surface area contributed by atoms with E-state index >= 15 is 0 Å². The zero-order valence-electron chi connectivity index (χ0n) is 34.9. The normalized spacial score (nSPS) is 13.8. The summed E-state index contributed by atoms with van der Waals surface area (Å²) < 4.78 is 5.87. The number of hydrogen-bond donors (Lipinski definition) is 3. The lowest BCUT2D eigenvalue weighted by atomic mass is 10.0. The van der Waals surface area contributed by atoms with Gasteiger partial charge in [-0.25, -0.2) is 0 Å². The van der Waals surface area contributed by atoms with Crippen LogP contribution in [-0.4, -0.2) is 46.9 Å². The van der Waals surface area contributed by atoms with Crippen LogP contribution in [0.25, 0.3) is 0 Å². The number of hydrogen-bond acceptors (Lipinski definition) is 5. The Morgan fingerprint density at radius 1 is 0.566 bits per heavy atom. The summed E-state index contributed by atoms with van der Waals surface area (Å²) >= 11 is 0. The Morgan fingerprint density at radius 3 is 1.62 bits per heavy atom. The number of esters is 1. The summed E-state index contributed by atoms with van der Waals surface area (Å²) in [5, 5.41) is 23.6. The van der Waals surface area contributed by atoms with Gasteiger partial charge in [0.05, 0.1) is 25.2 Å². The third-order valence-corrected chi connectivity index (χ3v) is 9.89. The van der Waals surface area contributed by atoms with Gasteiger partial charge in [-0.3, -0.25) is 9.59 Å². The molecule has 0 fully saturated rings. The van der Waals surface area contributed by atoms with Crippen molar-refractivity contribution in [2.24, 2.45) is 0 Å². The molecule has 0 aliphatic rings. The lowest BCUT2D eigenvalue weighted by molar-refractivity contribution is -0.151. The lowest BCUT2D eigenvalue weighted by Crippen LogP contribution is -2.46. The maximum absolute atomic E-state index is 13.1. The molecule has 0 aliphatic carbocycles. The van der Waals surface area contributed by atoms with E-state index in [2.05, 4.69) is 74.7 Å². The highest BCUT2D eigenvalue weighted by Gasteiger charge is 2.24. The molecule has 1 amide bonds. The highest BCUT2D eigenvalue weighted by molar-refractivity contribution is 5.77. The molecule has 0 saturated heterocycles. The molecule has 0 radical (unpaired) electrons. The molecule has 0 bridgehead atoms. The zero-order chi connectivity index (χ0) is 38.9. The Hall–Kier alpha value is -2.18. The first-order valence-corrected chi connectivity index (χ1v) is 22.4. The molecule has 0 aromatic rings. The van der Waals surface area contributed by atoms with E-state index in [1.165, 1.54) is 83.5 Å². The molecule has 0 spiro atoms. The van der Waals surface area contributed by atoms with Gasteiger partial charge in [-0.15, -0.1) is 0 Å². The molecule has 3 N–H and O–H groups in total. The summed E-state index contributed by atoms with van der Waals surface area (Å²) in [5.41, 5.74) is 0. The average molecular weight is 744 g/mol. The highest BCUT2D eigenvalue weighted by Crippen LogP contribution is 2.16. The number of ether oxygens (including phenoxy) is 1. The van der Waals surface area contributed by atoms with Gasteiger partial charge in [-0.2, -0.15) is 0 Å². The first-order valence-electron chi connectivity index (χ1n) is 22.4. The van der Waals surface area contributed by atoms with E-state index in [-0.39, 0.29) is 24.9 Å². The molecule has 0 heterocycles. The van der Waals surface area contributed by atoms with Crippen molar-refractivity contribution >= 4 is 11.9 Å². The molecule has 6 nitrogen and oxygen atoms in total. The molecule has 3 atom stereocenters. The third kappa shape index (κ3) is 36.6. The second kappa shape index (κ2) is 41.0. The molecule has 3 unspecified atom stereocenters. The van der Waals surface area contributed by atoms with Crippen molar-refractivity contribution in [3.8, 4) is 0 Å². The number of allylic oxidation sites excluding steroid dienone is 8. The van der Waals surface area contributed by atoms with E-state index in [9.17, 15) is 19.8 Å². The van der Waals surface area contributed by atoms with Crippen molar-refractivity contribution in [3.05, 3.63) is 48.6 Å². The third-order valence-electron chi connectivity index (χ3n) is 9.89. The first kappa shape index (κ1) is 50.8. The van der Waals surface area contributed by atoms with Gasteiger partial charge in [0.1, 0.15) is 6.10 Å². The monoisotopic (exact) mass is 744 g/mol. The van der Waals surface area contributed by atoms with E-state index in [0.29, 0.717) is 19.3 Å². The summed E-state index contributed by atoms with van der Waals surface area (Å²) in [6, 6.07) is -0.712. The van der Waals surface area contributed by atoms with Crippen molar-refractivity contribution in [2.75, 3.05) is 6.61 Å². The lowest BCUT2D eigenvalue weighted by Gasteiger charge is -2.24. The van der Waals surface area contributed by atoms with Crippen LogP contribution >= 0.6 is 0 Å². The van der Waals surface area contributed by atoms with Crippen LogP contribution in [-0.2, 0) is 14.3 Å². The maximum Gasteiger partial charge on any atom is 0.306 e. The van der Waals surface area contributed by atoms with Gasteiger partial charge < -0.3 is 20.3 Å². The van der Waals surface area contributed by atoms with E-state index in [1.54, 1.807) is 0 Å². The standard InChI is InChI=1S/C47H85NO5/c1-4-7-10-13-16-19-22-24-26-29-32-35-38-43(53-47(52)40-37-34-31-28-25-23-20-17-14-11-8-5-2)41-46(51)48-44(42-49)45(50)39-36-33-30-27-21-18-15-12-9-6-3/h7,10,16-17,19-20,24,26,43-45,49-50H,4-6,8-9,11-15,18,21-23,25,27-42H2,1-3H3,(H,48,51)/b10-7+,19-16+,20-17-,26-24+. The van der Waals surface area contributed by atoms with Gasteiger partial charge >= 0.3 is 5.97 Å². The van der Waals surface area contributed by atoms with E-state index < -0.39 is 18.2 Å². The topological polar surface area (TPSA) is 95.9 Å². The van der Waals surface area contributed by atoms with Gasteiger partial charge in [-0.05, 0) is 83.5 Å². The van der Waals surface area contributed by atoms with E-state index in [1.807, 2.05) is 0 Å².